The van der Waals surface area contributed by atoms with Crippen LogP contribution in [-0.2, 0) is 6.54 Å². The van der Waals surface area contributed by atoms with Crippen LogP contribution in [0.1, 0.15) is 27.3 Å². The fraction of sp³-hybridized carbons (Fsp3) is 0.200. The van der Waals surface area contributed by atoms with Crippen molar-refractivity contribution in [2.75, 3.05) is 5.32 Å². The van der Waals surface area contributed by atoms with Crippen molar-refractivity contribution in [3.8, 4) is 0 Å². The number of pyridine rings is 1. The molecule has 1 aromatic carbocycles. The Hall–Kier alpha value is -2.20. The third-order valence-electron chi connectivity index (χ3n) is 2.91. The molecule has 0 saturated heterocycles. The zero-order valence-electron chi connectivity index (χ0n) is 11.1. The third kappa shape index (κ3) is 3.17. The zero-order chi connectivity index (χ0) is 13.8. The van der Waals surface area contributed by atoms with Crippen LogP contribution in [0.4, 0.5) is 5.69 Å². The van der Waals surface area contributed by atoms with E-state index in [1.807, 2.05) is 44.2 Å². The molecule has 0 aliphatic carbocycles. The minimum absolute atomic E-state index is 0.207. The van der Waals surface area contributed by atoms with E-state index in [-0.39, 0.29) is 5.91 Å². The van der Waals surface area contributed by atoms with Gasteiger partial charge in [-0.05, 0) is 43.2 Å². The molecule has 0 unspecified atom stereocenters. The van der Waals surface area contributed by atoms with Gasteiger partial charge in [0.2, 0.25) is 0 Å². The Morgan fingerprint density at radius 2 is 2.05 bits per heavy atom. The second-order valence-electron chi connectivity index (χ2n) is 4.47. The van der Waals surface area contributed by atoms with Crippen molar-refractivity contribution in [3.05, 3.63) is 58.9 Å². The summed E-state index contributed by atoms with van der Waals surface area (Å²) in [5.41, 5.74) is 9.60. The quantitative estimate of drug-likeness (QED) is 0.885. The first kappa shape index (κ1) is 13.2. The number of rotatable bonds is 3. The lowest BCUT2D eigenvalue weighted by Gasteiger charge is -2.10. The number of aryl methyl sites for hydroxylation is 2. The molecule has 2 aromatic rings. The van der Waals surface area contributed by atoms with Crippen LogP contribution in [-0.4, -0.2) is 10.9 Å². The number of nitrogens with zero attached hydrogens (tertiary/aromatic N) is 1. The molecule has 0 aliphatic heterocycles. The molecule has 0 aliphatic rings. The Balaban J connectivity index is 2.23. The zero-order valence-corrected chi connectivity index (χ0v) is 11.1. The van der Waals surface area contributed by atoms with Gasteiger partial charge in [-0.15, -0.1) is 0 Å². The van der Waals surface area contributed by atoms with E-state index < -0.39 is 0 Å². The highest BCUT2D eigenvalue weighted by atomic mass is 16.1. The lowest BCUT2D eigenvalue weighted by atomic mass is 10.1. The van der Waals surface area contributed by atoms with Crippen LogP contribution in [0.3, 0.4) is 0 Å². The molecule has 0 saturated carbocycles. The smallest absolute Gasteiger partial charge is 0.274 e. The van der Waals surface area contributed by atoms with E-state index >= 15 is 0 Å². The molecular weight excluding hydrogens is 238 g/mol. The molecule has 98 valence electrons. The molecule has 3 N–H and O–H groups in total. The summed E-state index contributed by atoms with van der Waals surface area (Å²) < 4.78 is 0. The van der Waals surface area contributed by atoms with Crippen LogP contribution >= 0.6 is 0 Å². The molecule has 0 radical (unpaired) electrons. The van der Waals surface area contributed by atoms with Gasteiger partial charge in [0, 0.05) is 17.9 Å². The second kappa shape index (κ2) is 5.63. The van der Waals surface area contributed by atoms with Crippen molar-refractivity contribution in [1.82, 2.24) is 4.98 Å². The number of hydrogen-bond acceptors (Lipinski definition) is 3. The minimum Gasteiger partial charge on any atom is -0.326 e. The normalized spacial score (nSPS) is 10.3. The number of carbonyl (C=O) groups is 1. The highest BCUT2D eigenvalue weighted by Gasteiger charge is 2.09. The van der Waals surface area contributed by atoms with Crippen molar-refractivity contribution in [1.29, 1.82) is 0 Å². The van der Waals surface area contributed by atoms with Crippen molar-refractivity contribution < 1.29 is 4.79 Å². The Bertz CT molecular complexity index is 608. The topological polar surface area (TPSA) is 68.0 Å². The summed E-state index contributed by atoms with van der Waals surface area (Å²) in [6, 6.07) is 11.2. The highest BCUT2D eigenvalue weighted by molar-refractivity contribution is 6.03. The van der Waals surface area contributed by atoms with Crippen molar-refractivity contribution in [2.24, 2.45) is 5.73 Å². The van der Waals surface area contributed by atoms with Gasteiger partial charge < -0.3 is 11.1 Å². The summed E-state index contributed by atoms with van der Waals surface area (Å²) in [5, 5.41) is 2.87. The first-order valence-electron chi connectivity index (χ1n) is 6.15. The summed E-state index contributed by atoms with van der Waals surface area (Å²) in [7, 11) is 0. The number of hydrogen-bond donors (Lipinski definition) is 2. The summed E-state index contributed by atoms with van der Waals surface area (Å²) in [6.07, 6.45) is 0. The number of nitrogens with two attached hydrogens (primary N) is 1. The van der Waals surface area contributed by atoms with E-state index in [9.17, 15) is 4.79 Å². The van der Waals surface area contributed by atoms with Gasteiger partial charge in [-0.25, -0.2) is 4.98 Å². The number of carbonyl (C=O) groups excluding carboxylic acids is 1. The number of amides is 1. The largest absolute Gasteiger partial charge is 0.326 e. The third-order valence-corrected chi connectivity index (χ3v) is 2.91. The summed E-state index contributed by atoms with van der Waals surface area (Å²) in [5.74, 6) is -0.207. The van der Waals surface area contributed by atoms with Crippen molar-refractivity contribution in [2.45, 2.75) is 20.4 Å². The molecule has 19 heavy (non-hydrogen) atoms. The molecule has 1 heterocycles. The predicted molar refractivity (Wildman–Crippen MR) is 76.0 cm³/mol. The molecule has 1 aromatic heterocycles. The van der Waals surface area contributed by atoms with Crippen molar-refractivity contribution in [3.63, 3.8) is 0 Å². The van der Waals surface area contributed by atoms with Gasteiger partial charge in [-0.1, -0.05) is 18.2 Å². The molecule has 0 atom stereocenters. The van der Waals surface area contributed by atoms with Gasteiger partial charge in [0.15, 0.2) is 0 Å². The van der Waals surface area contributed by atoms with Gasteiger partial charge >= 0.3 is 0 Å². The molecule has 2 rings (SSSR count). The molecule has 0 fully saturated rings. The van der Waals surface area contributed by atoms with E-state index in [1.54, 1.807) is 6.07 Å². The fourth-order valence-corrected chi connectivity index (χ4v) is 1.79. The van der Waals surface area contributed by atoms with Crippen LogP contribution in [0, 0.1) is 13.8 Å². The molecular formula is C15H17N3O. The Kier molecular flexibility index (Phi) is 3.92. The van der Waals surface area contributed by atoms with Crippen LogP contribution in [0.25, 0.3) is 0 Å². The van der Waals surface area contributed by atoms with Gasteiger partial charge in [0.05, 0.1) is 0 Å². The van der Waals surface area contributed by atoms with Crippen LogP contribution in [0.15, 0.2) is 36.4 Å². The number of benzene rings is 1. The molecule has 0 bridgehead atoms. The lowest BCUT2D eigenvalue weighted by Crippen LogP contribution is -2.15. The average molecular weight is 255 g/mol. The molecule has 1 amide bonds. The maximum absolute atomic E-state index is 12.1. The van der Waals surface area contributed by atoms with E-state index in [0.717, 1.165) is 22.5 Å². The first-order valence-corrected chi connectivity index (χ1v) is 6.15. The van der Waals surface area contributed by atoms with Crippen molar-refractivity contribution >= 4 is 11.6 Å². The maximum atomic E-state index is 12.1. The van der Waals surface area contributed by atoms with E-state index in [2.05, 4.69) is 10.3 Å². The van der Waals surface area contributed by atoms with E-state index in [1.165, 1.54) is 0 Å². The lowest BCUT2D eigenvalue weighted by molar-refractivity contribution is 0.102. The van der Waals surface area contributed by atoms with Gasteiger partial charge in [0.25, 0.3) is 5.91 Å². The minimum atomic E-state index is -0.207. The first-order chi connectivity index (χ1) is 9.10. The molecule has 4 nitrogen and oxygen atoms in total. The summed E-state index contributed by atoms with van der Waals surface area (Å²) in [6.45, 7) is 4.25. The summed E-state index contributed by atoms with van der Waals surface area (Å²) in [4.78, 5) is 16.3. The monoisotopic (exact) mass is 255 g/mol. The predicted octanol–water partition coefficient (Wildman–Crippen LogP) is 2.41. The maximum Gasteiger partial charge on any atom is 0.274 e. The van der Waals surface area contributed by atoms with Crippen LogP contribution in [0.2, 0.25) is 0 Å². The van der Waals surface area contributed by atoms with E-state index in [0.29, 0.717) is 12.2 Å². The standard InChI is InChI=1S/C15H17N3O/c1-10-6-7-12(9-16)8-14(10)18-15(19)13-5-3-4-11(2)17-13/h3-8H,9,16H2,1-2H3,(H,18,19). The fourth-order valence-electron chi connectivity index (χ4n) is 1.79. The average Bonchev–Trinajstić information content (AvgIpc) is 2.41. The molecule has 4 heteroatoms. The van der Waals surface area contributed by atoms with E-state index in [4.69, 9.17) is 5.73 Å². The second-order valence-corrected chi connectivity index (χ2v) is 4.47. The number of anilines is 1. The Labute approximate surface area is 112 Å². The van der Waals surface area contributed by atoms with Crippen LogP contribution < -0.4 is 11.1 Å². The Morgan fingerprint density at radius 3 is 2.74 bits per heavy atom. The van der Waals surface area contributed by atoms with Gasteiger partial charge in [-0.3, -0.25) is 4.79 Å². The molecule has 0 spiro atoms. The number of aromatic nitrogens is 1. The van der Waals surface area contributed by atoms with Gasteiger partial charge in [-0.2, -0.15) is 0 Å². The van der Waals surface area contributed by atoms with Gasteiger partial charge in [0.1, 0.15) is 5.69 Å². The Morgan fingerprint density at radius 1 is 1.26 bits per heavy atom. The highest BCUT2D eigenvalue weighted by Crippen LogP contribution is 2.17. The summed E-state index contributed by atoms with van der Waals surface area (Å²) >= 11 is 0. The van der Waals surface area contributed by atoms with Crippen LogP contribution in [0.5, 0.6) is 0 Å². The number of nitrogens with one attached hydrogen (secondary N) is 1. The SMILES string of the molecule is Cc1cccc(C(=O)Nc2cc(CN)ccc2C)n1.